The molecule has 0 saturated carbocycles. The van der Waals surface area contributed by atoms with Crippen molar-refractivity contribution in [2.75, 3.05) is 0 Å². The molecule has 1 aliphatic rings. The highest BCUT2D eigenvalue weighted by Crippen LogP contribution is 2.57. The molecule has 0 heterocycles. The predicted octanol–water partition coefficient (Wildman–Crippen LogP) is 11.2. The van der Waals surface area contributed by atoms with Crippen LogP contribution in [-0.4, -0.2) is 0 Å². The van der Waals surface area contributed by atoms with Crippen molar-refractivity contribution in [3.8, 4) is 22.3 Å². The van der Waals surface area contributed by atoms with Gasteiger partial charge >= 0.3 is 0 Å². The van der Waals surface area contributed by atoms with E-state index in [1.807, 2.05) is 0 Å². The summed E-state index contributed by atoms with van der Waals surface area (Å²) in [5, 5.41) is 7.58. The van der Waals surface area contributed by atoms with Crippen LogP contribution in [0.4, 0.5) is 0 Å². The van der Waals surface area contributed by atoms with E-state index in [2.05, 4.69) is 170 Å². The Labute approximate surface area is 251 Å². The van der Waals surface area contributed by atoms with Crippen LogP contribution in [0.3, 0.4) is 0 Å². The summed E-state index contributed by atoms with van der Waals surface area (Å²) < 4.78 is 0. The van der Waals surface area contributed by atoms with Gasteiger partial charge in [0, 0.05) is 0 Å². The van der Waals surface area contributed by atoms with Gasteiger partial charge in [0.25, 0.3) is 0 Å². The summed E-state index contributed by atoms with van der Waals surface area (Å²) in [7, 11) is 0. The maximum absolute atomic E-state index is 2.47. The van der Waals surface area contributed by atoms with Gasteiger partial charge in [0.1, 0.15) is 0 Å². The zero-order valence-corrected chi connectivity index (χ0v) is 23.7. The lowest BCUT2D eigenvalue weighted by atomic mass is 9.67. The molecule has 0 unspecified atom stereocenters. The first-order valence-electron chi connectivity index (χ1n) is 15.0. The van der Waals surface area contributed by atoms with Gasteiger partial charge in [-0.1, -0.05) is 152 Å². The largest absolute Gasteiger partial charge is 0.0714 e. The van der Waals surface area contributed by atoms with Crippen LogP contribution >= 0.6 is 0 Å². The van der Waals surface area contributed by atoms with Crippen molar-refractivity contribution in [1.29, 1.82) is 0 Å². The second-order valence-electron chi connectivity index (χ2n) is 11.7. The monoisotopic (exact) mass is 544 g/mol. The standard InChI is InChI=1S/C43H28/c1-3-13-32-26-35(23-20-29(32)10-1)43(36-24-21-30-11-2-4-14-33(30)27-36)41-19-8-7-17-39(41)40-25-22-34(28-42(40)43)38-18-9-15-31-12-5-6-16-37(31)38/h1-28H. The van der Waals surface area contributed by atoms with Crippen LogP contribution in [0, 0.1) is 0 Å². The third-order valence-corrected chi connectivity index (χ3v) is 9.51. The van der Waals surface area contributed by atoms with E-state index in [0.717, 1.165) is 0 Å². The summed E-state index contributed by atoms with van der Waals surface area (Å²) in [4.78, 5) is 0. The minimum Gasteiger partial charge on any atom is -0.0619 e. The third-order valence-electron chi connectivity index (χ3n) is 9.51. The van der Waals surface area contributed by atoms with Gasteiger partial charge in [0.05, 0.1) is 5.41 Å². The molecular formula is C43H28. The maximum Gasteiger partial charge on any atom is 0.0714 e. The Kier molecular flexibility index (Phi) is 5.21. The fraction of sp³-hybridized carbons (Fsp3) is 0.0233. The Balaban J connectivity index is 1.42. The molecule has 43 heavy (non-hydrogen) atoms. The molecule has 0 saturated heterocycles. The van der Waals surface area contributed by atoms with Crippen molar-refractivity contribution in [3.63, 3.8) is 0 Å². The van der Waals surface area contributed by atoms with E-state index in [1.54, 1.807) is 0 Å². The summed E-state index contributed by atoms with van der Waals surface area (Å²) in [5.74, 6) is 0. The average molecular weight is 545 g/mol. The van der Waals surface area contributed by atoms with Gasteiger partial charge in [-0.3, -0.25) is 0 Å². The molecular weight excluding hydrogens is 516 g/mol. The van der Waals surface area contributed by atoms with Gasteiger partial charge in [-0.05, 0) is 95.0 Å². The number of rotatable bonds is 3. The van der Waals surface area contributed by atoms with Crippen LogP contribution in [0.15, 0.2) is 170 Å². The molecule has 8 aromatic rings. The molecule has 0 nitrogen and oxygen atoms in total. The second kappa shape index (κ2) is 9.28. The SMILES string of the molecule is c1ccc2c(c1)-c1ccc(-c3cccc4ccccc34)cc1C2(c1ccc2ccccc2c1)c1ccc2ccccc2c1. The van der Waals surface area contributed by atoms with E-state index in [-0.39, 0.29) is 0 Å². The highest BCUT2D eigenvalue weighted by atomic mass is 14.5. The lowest BCUT2D eigenvalue weighted by molar-refractivity contribution is 0.771. The summed E-state index contributed by atoms with van der Waals surface area (Å²) in [6, 6.07) is 63.1. The summed E-state index contributed by atoms with van der Waals surface area (Å²) in [5.41, 5.74) is 9.92. The Bertz CT molecular complexity index is 2270. The van der Waals surface area contributed by atoms with E-state index in [4.69, 9.17) is 0 Å². The Morgan fingerprint density at radius 3 is 1.56 bits per heavy atom. The third kappa shape index (κ3) is 3.50. The fourth-order valence-electron chi connectivity index (χ4n) is 7.56. The van der Waals surface area contributed by atoms with Crippen molar-refractivity contribution in [3.05, 3.63) is 192 Å². The van der Waals surface area contributed by atoms with Gasteiger partial charge in [-0.25, -0.2) is 0 Å². The molecule has 0 N–H and O–H groups in total. The van der Waals surface area contributed by atoms with Crippen LogP contribution in [0.2, 0.25) is 0 Å². The molecule has 8 aromatic carbocycles. The fourth-order valence-corrected chi connectivity index (χ4v) is 7.56. The van der Waals surface area contributed by atoms with Gasteiger partial charge < -0.3 is 0 Å². The summed E-state index contributed by atoms with van der Waals surface area (Å²) in [6.07, 6.45) is 0. The molecule has 0 heteroatoms. The zero-order chi connectivity index (χ0) is 28.4. The quantitative estimate of drug-likeness (QED) is 0.207. The van der Waals surface area contributed by atoms with Crippen LogP contribution in [0.1, 0.15) is 22.3 Å². The number of hydrogen-bond donors (Lipinski definition) is 0. The smallest absolute Gasteiger partial charge is 0.0619 e. The van der Waals surface area contributed by atoms with Gasteiger partial charge in [-0.15, -0.1) is 0 Å². The molecule has 0 fully saturated rings. The first-order valence-corrected chi connectivity index (χ1v) is 15.0. The molecule has 0 amide bonds. The van der Waals surface area contributed by atoms with Crippen molar-refractivity contribution >= 4 is 32.3 Å². The van der Waals surface area contributed by atoms with Gasteiger partial charge in [0.2, 0.25) is 0 Å². The van der Waals surface area contributed by atoms with Crippen LogP contribution < -0.4 is 0 Å². The van der Waals surface area contributed by atoms with Crippen LogP contribution in [0.5, 0.6) is 0 Å². The normalized spacial score (nSPS) is 13.3. The highest BCUT2D eigenvalue weighted by Gasteiger charge is 2.46. The average Bonchev–Trinajstić information content (AvgIpc) is 3.38. The van der Waals surface area contributed by atoms with E-state index in [9.17, 15) is 0 Å². The van der Waals surface area contributed by atoms with Crippen molar-refractivity contribution in [1.82, 2.24) is 0 Å². The minimum absolute atomic E-state index is 0.472. The first kappa shape index (κ1) is 24.2. The topological polar surface area (TPSA) is 0 Å². The number of fused-ring (bicyclic) bond motifs is 6. The Hall–Kier alpha value is -5.46. The van der Waals surface area contributed by atoms with E-state index < -0.39 is 5.41 Å². The van der Waals surface area contributed by atoms with E-state index in [1.165, 1.54) is 76.8 Å². The minimum atomic E-state index is -0.472. The molecule has 9 rings (SSSR count). The van der Waals surface area contributed by atoms with E-state index in [0.29, 0.717) is 0 Å². The molecule has 0 spiro atoms. The molecule has 0 aromatic heterocycles. The highest BCUT2D eigenvalue weighted by molar-refractivity contribution is 5.98. The molecule has 0 bridgehead atoms. The Morgan fingerprint density at radius 2 is 0.837 bits per heavy atom. The van der Waals surface area contributed by atoms with Crippen LogP contribution in [0.25, 0.3) is 54.6 Å². The first-order chi connectivity index (χ1) is 21.3. The lowest BCUT2D eigenvalue weighted by Crippen LogP contribution is -2.28. The van der Waals surface area contributed by atoms with Crippen LogP contribution in [-0.2, 0) is 5.41 Å². The molecule has 0 aliphatic heterocycles. The zero-order valence-electron chi connectivity index (χ0n) is 23.7. The predicted molar refractivity (Wildman–Crippen MR) is 182 cm³/mol. The second-order valence-corrected chi connectivity index (χ2v) is 11.7. The lowest BCUT2D eigenvalue weighted by Gasteiger charge is -2.34. The summed E-state index contributed by atoms with van der Waals surface area (Å²) >= 11 is 0. The number of hydrogen-bond acceptors (Lipinski definition) is 0. The molecule has 0 atom stereocenters. The van der Waals surface area contributed by atoms with Crippen molar-refractivity contribution in [2.24, 2.45) is 0 Å². The summed E-state index contributed by atoms with van der Waals surface area (Å²) in [6.45, 7) is 0. The van der Waals surface area contributed by atoms with Crippen molar-refractivity contribution < 1.29 is 0 Å². The van der Waals surface area contributed by atoms with Gasteiger partial charge in [0.15, 0.2) is 0 Å². The van der Waals surface area contributed by atoms with Gasteiger partial charge in [-0.2, -0.15) is 0 Å². The maximum atomic E-state index is 2.47. The van der Waals surface area contributed by atoms with Crippen molar-refractivity contribution in [2.45, 2.75) is 5.41 Å². The van der Waals surface area contributed by atoms with E-state index >= 15 is 0 Å². The number of benzene rings is 8. The Morgan fingerprint density at radius 1 is 0.302 bits per heavy atom. The molecule has 0 radical (unpaired) electrons. The molecule has 1 aliphatic carbocycles. The molecule has 200 valence electrons.